The summed E-state index contributed by atoms with van der Waals surface area (Å²) >= 11 is 0. The van der Waals surface area contributed by atoms with Crippen LogP contribution in [0.2, 0.25) is 0 Å². The van der Waals surface area contributed by atoms with E-state index in [4.69, 9.17) is 10.7 Å². The molecule has 7 rings (SSSR count). The molecule has 3 heterocycles. The van der Waals surface area contributed by atoms with E-state index in [1.54, 1.807) is 13.2 Å². The molecule has 3 aromatic carbocycles. The predicted octanol–water partition coefficient (Wildman–Crippen LogP) is 6.02. The van der Waals surface area contributed by atoms with Gasteiger partial charge in [-0.15, -0.1) is 0 Å². The lowest BCUT2D eigenvalue weighted by Gasteiger charge is -2.38. The van der Waals surface area contributed by atoms with E-state index in [0.29, 0.717) is 5.56 Å². The molecule has 2 aromatic heterocycles. The number of rotatable bonds is 4. The first-order chi connectivity index (χ1) is 19.1. The maximum Gasteiger partial charge on any atom is 0.251 e. The van der Waals surface area contributed by atoms with Crippen LogP contribution >= 0.6 is 0 Å². The van der Waals surface area contributed by atoms with Gasteiger partial charge in [-0.25, -0.2) is 9.97 Å². The summed E-state index contributed by atoms with van der Waals surface area (Å²) in [7, 11) is 1.64. The molecule has 0 saturated heterocycles. The quantitative estimate of drug-likeness (QED) is 0.268. The molecule has 1 aliphatic heterocycles. The second-order valence-corrected chi connectivity index (χ2v) is 10.3. The van der Waals surface area contributed by atoms with Crippen LogP contribution in [-0.2, 0) is 5.54 Å². The Morgan fingerprint density at radius 3 is 2.41 bits per heavy atom. The number of anilines is 2. The lowest BCUT2D eigenvalue weighted by Crippen LogP contribution is -2.43. The number of imidazole rings is 1. The topological polar surface area (TPSA) is 97.9 Å². The van der Waals surface area contributed by atoms with Gasteiger partial charge in [-0.05, 0) is 61.2 Å². The average Bonchev–Trinajstić information content (AvgIpc) is 3.30. The van der Waals surface area contributed by atoms with Crippen LogP contribution in [0, 0.1) is 0 Å². The number of fused-ring (bicyclic) bond motifs is 5. The summed E-state index contributed by atoms with van der Waals surface area (Å²) in [6.07, 6.45) is 4.99. The van der Waals surface area contributed by atoms with Crippen molar-refractivity contribution in [2.75, 3.05) is 12.4 Å². The fourth-order valence-corrected chi connectivity index (χ4v) is 5.62. The SMILES string of the molecule is CNC(=O)c1ccc(-c2nc3n(c2-c2ccc(C4(N)CCC4)cc2)-c2cccnc2Nc2ccccc2-3)cc1. The summed E-state index contributed by atoms with van der Waals surface area (Å²) in [5.74, 6) is 1.46. The standard InChI is InChI=1S/C32H28N6O/c1-34-31(39)22-11-9-20(10-12-22)27-28(21-13-15-23(16-14-21)32(33)17-5-18-32)38-26-8-4-19-35-29(26)36-25-7-3-2-6-24(25)30(38)37-27/h2-4,6-16,19H,5,17-18,33H2,1H3,(H,34,39)(H,35,36). The van der Waals surface area contributed by atoms with Crippen molar-refractivity contribution in [2.45, 2.75) is 24.8 Å². The van der Waals surface area contributed by atoms with Gasteiger partial charge in [0, 0.05) is 41.0 Å². The highest BCUT2D eigenvalue weighted by molar-refractivity contribution is 5.95. The van der Waals surface area contributed by atoms with Crippen molar-refractivity contribution >= 4 is 17.4 Å². The van der Waals surface area contributed by atoms with E-state index < -0.39 is 0 Å². The van der Waals surface area contributed by atoms with Gasteiger partial charge >= 0.3 is 0 Å². The minimum atomic E-state index is -0.231. The average molecular weight is 513 g/mol. The minimum Gasteiger partial charge on any atom is -0.355 e. The van der Waals surface area contributed by atoms with E-state index in [2.05, 4.69) is 56.6 Å². The molecule has 1 fully saturated rings. The Kier molecular flexibility index (Phi) is 5.35. The van der Waals surface area contributed by atoms with E-state index >= 15 is 0 Å². The van der Waals surface area contributed by atoms with E-state index in [0.717, 1.165) is 63.9 Å². The van der Waals surface area contributed by atoms with Gasteiger partial charge in [0.1, 0.15) is 5.82 Å². The summed E-state index contributed by atoms with van der Waals surface area (Å²) in [5, 5.41) is 6.20. The van der Waals surface area contributed by atoms with Crippen LogP contribution in [0.3, 0.4) is 0 Å². The highest BCUT2D eigenvalue weighted by Gasteiger charge is 2.34. The zero-order valence-electron chi connectivity index (χ0n) is 21.6. The van der Waals surface area contributed by atoms with Crippen molar-refractivity contribution < 1.29 is 4.79 Å². The number of hydrogen-bond donors (Lipinski definition) is 3. The van der Waals surface area contributed by atoms with Crippen molar-refractivity contribution in [3.8, 4) is 39.6 Å². The number of pyridine rings is 1. The van der Waals surface area contributed by atoms with Crippen molar-refractivity contribution in [1.29, 1.82) is 0 Å². The number of amides is 1. The normalized spacial score (nSPS) is 14.6. The third-order valence-electron chi connectivity index (χ3n) is 7.95. The number of nitrogens with zero attached hydrogens (tertiary/aromatic N) is 3. The number of hydrogen-bond acceptors (Lipinski definition) is 5. The molecule has 0 atom stereocenters. The molecule has 7 heteroatoms. The Morgan fingerprint density at radius 2 is 1.69 bits per heavy atom. The first-order valence-corrected chi connectivity index (χ1v) is 13.2. The Morgan fingerprint density at radius 1 is 0.949 bits per heavy atom. The lowest BCUT2D eigenvalue weighted by atomic mass is 9.72. The maximum atomic E-state index is 12.2. The van der Waals surface area contributed by atoms with Crippen molar-refractivity contribution in [1.82, 2.24) is 19.9 Å². The minimum absolute atomic E-state index is 0.121. The highest BCUT2D eigenvalue weighted by Crippen LogP contribution is 2.45. The molecule has 0 radical (unpaired) electrons. The van der Waals surface area contributed by atoms with Crippen LogP contribution < -0.4 is 16.4 Å². The predicted molar refractivity (Wildman–Crippen MR) is 154 cm³/mol. The van der Waals surface area contributed by atoms with Crippen LogP contribution in [0.1, 0.15) is 35.2 Å². The molecule has 39 heavy (non-hydrogen) atoms. The smallest absolute Gasteiger partial charge is 0.251 e. The molecular formula is C32H28N6O. The van der Waals surface area contributed by atoms with Crippen LogP contribution in [-0.4, -0.2) is 27.5 Å². The van der Waals surface area contributed by atoms with Gasteiger partial charge in [0.05, 0.1) is 22.8 Å². The third kappa shape index (κ3) is 3.73. The van der Waals surface area contributed by atoms with Gasteiger partial charge < -0.3 is 16.4 Å². The first-order valence-electron chi connectivity index (χ1n) is 13.2. The largest absolute Gasteiger partial charge is 0.355 e. The van der Waals surface area contributed by atoms with Crippen LogP contribution in [0.4, 0.5) is 11.5 Å². The van der Waals surface area contributed by atoms with E-state index in [1.165, 1.54) is 12.0 Å². The van der Waals surface area contributed by atoms with Crippen molar-refractivity contribution in [3.05, 3.63) is 102 Å². The number of benzene rings is 3. The molecule has 5 aromatic rings. The number of carbonyl (C=O) groups excluding carboxylic acids is 1. The number of carbonyl (C=O) groups is 1. The first kappa shape index (κ1) is 23.4. The van der Waals surface area contributed by atoms with Crippen LogP contribution in [0.25, 0.3) is 39.6 Å². The van der Waals surface area contributed by atoms with Gasteiger partial charge in [-0.3, -0.25) is 9.36 Å². The number of nitrogens with one attached hydrogen (secondary N) is 2. The summed E-state index contributed by atoms with van der Waals surface area (Å²) in [6.45, 7) is 0. The van der Waals surface area contributed by atoms with Gasteiger partial charge in [0.2, 0.25) is 0 Å². The zero-order chi connectivity index (χ0) is 26.6. The number of nitrogens with two attached hydrogens (primary N) is 1. The van der Waals surface area contributed by atoms with Gasteiger partial charge in [0.25, 0.3) is 5.91 Å². The number of aromatic nitrogens is 3. The molecule has 1 aliphatic carbocycles. The molecule has 0 bridgehead atoms. The van der Waals surface area contributed by atoms with E-state index in [-0.39, 0.29) is 11.4 Å². The second kappa shape index (κ2) is 8.92. The molecular weight excluding hydrogens is 484 g/mol. The molecule has 0 spiro atoms. The van der Waals surface area contributed by atoms with Crippen LogP contribution in [0.5, 0.6) is 0 Å². The molecule has 192 valence electrons. The molecule has 0 unspecified atom stereocenters. The summed E-state index contributed by atoms with van der Waals surface area (Å²) < 4.78 is 2.19. The van der Waals surface area contributed by atoms with Crippen LogP contribution in [0.15, 0.2) is 91.1 Å². The monoisotopic (exact) mass is 512 g/mol. The molecule has 4 N–H and O–H groups in total. The Hall–Kier alpha value is -4.75. The maximum absolute atomic E-state index is 12.2. The van der Waals surface area contributed by atoms with Gasteiger partial charge in [-0.1, -0.05) is 48.5 Å². The van der Waals surface area contributed by atoms with Gasteiger partial charge in [-0.2, -0.15) is 0 Å². The summed E-state index contributed by atoms with van der Waals surface area (Å²) in [5.41, 5.74) is 14.8. The number of para-hydroxylation sites is 1. The summed E-state index contributed by atoms with van der Waals surface area (Å²) in [4.78, 5) is 22.1. The van der Waals surface area contributed by atoms with E-state index in [1.807, 2.05) is 48.5 Å². The lowest BCUT2D eigenvalue weighted by molar-refractivity contribution is 0.0963. The molecule has 7 nitrogen and oxygen atoms in total. The Labute approximate surface area is 226 Å². The molecule has 2 aliphatic rings. The van der Waals surface area contributed by atoms with E-state index in [9.17, 15) is 4.79 Å². The second-order valence-electron chi connectivity index (χ2n) is 10.3. The van der Waals surface area contributed by atoms with Crippen molar-refractivity contribution in [2.24, 2.45) is 5.73 Å². The van der Waals surface area contributed by atoms with Crippen molar-refractivity contribution in [3.63, 3.8) is 0 Å². The highest BCUT2D eigenvalue weighted by atomic mass is 16.1. The fourth-order valence-electron chi connectivity index (χ4n) is 5.62. The Balaban J connectivity index is 1.49. The van der Waals surface area contributed by atoms with Gasteiger partial charge in [0.15, 0.2) is 5.82 Å². The zero-order valence-corrected chi connectivity index (χ0v) is 21.6. The third-order valence-corrected chi connectivity index (χ3v) is 7.95. The Bertz CT molecular complexity index is 1720. The fraction of sp³-hybridized carbons (Fsp3) is 0.156. The summed E-state index contributed by atoms with van der Waals surface area (Å²) in [6, 6.07) is 28.4. The molecule has 1 saturated carbocycles. The molecule has 1 amide bonds.